The number of nitrogens with one attached hydrogen (secondary N) is 4. The fourth-order valence-corrected chi connectivity index (χ4v) is 2.41. The maximum Gasteiger partial charge on any atom is 0.284 e. The van der Waals surface area contributed by atoms with E-state index < -0.39 is 59.9 Å². The fourth-order valence-electron chi connectivity index (χ4n) is 2.41. The van der Waals surface area contributed by atoms with E-state index in [9.17, 15) is 33.6 Å². The Balaban J connectivity index is 4.93. The molecule has 0 saturated heterocycles. The van der Waals surface area contributed by atoms with Gasteiger partial charge in [-0.05, 0) is 12.3 Å². The smallest absolute Gasteiger partial charge is 0.284 e. The summed E-state index contributed by atoms with van der Waals surface area (Å²) in [7, 11) is 0. The molecule has 0 aromatic rings. The van der Waals surface area contributed by atoms with Crippen molar-refractivity contribution in [3.8, 4) is 0 Å². The SMILES string of the molecule is CCC(C)[C@H](NC(=O)CNC(=O)C(CCC(=O)C(N)=O)NC(C)=O)C(=O)NCC(N)=O. The predicted molar refractivity (Wildman–Crippen MR) is 108 cm³/mol. The monoisotopic (exact) mass is 442 g/mol. The molecule has 0 radical (unpaired) electrons. The topological polar surface area (TPSA) is 220 Å². The van der Waals surface area contributed by atoms with Crippen molar-refractivity contribution in [2.75, 3.05) is 13.1 Å². The van der Waals surface area contributed by atoms with Crippen LogP contribution in [-0.4, -0.2) is 66.4 Å². The van der Waals surface area contributed by atoms with E-state index in [1.165, 1.54) is 0 Å². The Bertz CT molecular complexity index is 724. The third kappa shape index (κ3) is 11.3. The lowest BCUT2D eigenvalue weighted by atomic mass is 9.98. The van der Waals surface area contributed by atoms with Gasteiger partial charge in [0, 0.05) is 13.3 Å². The Labute approximate surface area is 179 Å². The minimum atomic E-state index is -1.17. The molecule has 0 aromatic heterocycles. The summed E-state index contributed by atoms with van der Waals surface area (Å²) in [6.45, 7) is 3.77. The van der Waals surface area contributed by atoms with Gasteiger partial charge in [0.1, 0.15) is 12.1 Å². The molecule has 0 heterocycles. The Hall–Kier alpha value is -3.51. The number of ketones is 1. The molecular weight excluding hydrogens is 412 g/mol. The summed E-state index contributed by atoms with van der Waals surface area (Å²) in [6.07, 6.45) is -0.0182. The molecule has 13 nitrogen and oxygen atoms in total. The zero-order valence-corrected chi connectivity index (χ0v) is 17.8. The minimum Gasteiger partial charge on any atom is -0.368 e. The number of hydrogen-bond acceptors (Lipinski definition) is 7. The van der Waals surface area contributed by atoms with Gasteiger partial charge in [0.25, 0.3) is 5.91 Å². The third-order valence-electron chi connectivity index (χ3n) is 4.30. The number of primary amides is 2. The summed E-state index contributed by atoms with van der Waals surface area (Å²) in [4.78, 5) is 81.0. The second kappa shape index (κ2) is 13.7. The lowest BCUT2D eigenvalue weighted by Gasteiger charge is -2.23. The molecule has 0 rings (SSSR count). The Kier molecular flexibility index (Phi) is 12.1. The predicted octanol–water partition coefficient (Wildman–Crippen LogP) is -3.43. The van der Waals surface area contributed by atoms with Crippen LogP contribution in [0.2, 0.25) is 0 Å². The molecule has 3 atom stereocenters. The van der Waals surface area contributed by atoms with Crippen LogP contribution in [-0.2, 0) is 33.6 Å². The van der Waals surface area contributed by atoms with Gasteiger partial charge in [-0.15, -0.1) is 0 Å². The molecule has 0 saturated carbocycles. The van der Waals surface area contributed by atoms with Crippen molar-refractivity contribution in [2.45, 2.75) is 52.1 Å². The van der Waals surface area contributed by atoms with Gasteiger partial charge in [-0.2, -0.15) is 0 Å². The first kappa shape index (κ1) is 27.5. The molecule has 2 unspecified atom stereocenters. The first-order valence-corrected chi connectivity index (χ1v) is 9.61. The van der Waals surface area contributed by atoms with E-state index in [1.54, 1.807) is 13.8 Å². The highest BCUT2D eigenvalue weighted by Gasteiger charge is 2.27. The molecule has 0 aliphatic carbocycles. The van der Waals surface area contributed by atoms with E-state index in [-0.39, 0.29) is 25.3 Å². The Morgan fingerprint density at radius 3 is 1.94 bits per heavy atom. The number of carbonyl (C=O) groups is 7. The van der Waals surface area contributed by atoms with Crippen LogP contribution in [0.25, 0.3) is 0 Å². The maximum atomic E-state index is 12.3. The molecular formula is C18H30N6O7. The van der Waals surface area contributed by atoms with Gasteiger partial charge in [-0.25, -0.2) is 0 Å². The highest BCUT2D eigenvalue weighted by Crippen LogP contribution is 2.08. The van der Waals surface area contributed by atoms with Crippen LogP contribution in [0.15, 0.2) is 0 Å². The van der Waals surface area contributed by atoms with E-state index in [2.05, 4.69) is 21.3 Å². The number of amides is 6. The van der Waals surface area contributed by atoms with Crippen LogP contribution in [0.3, 0.4) is 0 Å². The summed E-state index contributed by atoms with van der Waals surface area (Å²) in [5.74, 6) is -5.70. The maximum absolute atomic E-state index is 12.3. The second-order valence-electron chi connectivity index (χ2n) is 6.91. The van der Waals surface area contributed by atoms with Crippen molar-refractivity contribution in [1.82, 2.24) is 21.3 Å². The standard InChI is InChI=1S/C18H30N6O7/c1-4-9(2)15(18(31)21-7-13(19)27)24-14(28)8-22-17(30)11(23-10(3)25)5-6-12(26)16(20)29/h9,11,15H,4-8H2,1-3H3,(H2,19,27)(H2,20,29)(H,21,31)(H,22,30)(H,23,25)(H,24,28)/t9?,11?,15-/m0/s1. The molecule has 0 spiro atoms. The van der Waals surface area contributed by atoms with Gasteiger partial charge in [0.2, 0.25) is 35.3 Å². The molecule has 31 heavy (non-hydrogen) atoms. The van der Waals surface area contributed by atoms with Gasteiger partial charge in [0.05, 0.1) is 13.1 Å². The van der Waals surface area contributed by atoms with Crippen LogP contribution >= 0.6 is 0 Å². The summed E-state index contributed by atoms with van der Waals surface area (Å²) in [5, 5.41) is 9.39. The van der Waals surface area contributed by atoms with Gasteiger partial charge >= 0.3 is 0 Å². The highest BCUT2D eigenvalue weighted by molar-refractivity contribution is 6.35. The van der Waals surface area contributed by atoms with E-state index in [1.807, 2.05) is 0 Å². The number of hydrogen-bond donors (Lipinski definition) is 6. The fraction of sp³-hybridized carbons (Fsp3) is 0.611. The summed E-state index contributed by atoms with van der Waals surface area (Å²) in [5.41, 5.74) is 9.84. The quantitative estimate of drug-likeness (QED) is 0.149. The van der Waals surface area contributed by atoms with Gasteiger partial charge in [-0.3, -0.25) is 33.6 Å². The molecule has 0 aliphatic heterocycles. The number of carbonyl (C=O) groups excluding carboxylic acids is 7. The van der Waals surface area contributed by atoms with Gasteiger partial charge in [-0.1, -0.05) is 20.3 Å². The van der Waals surface area contributed by atoms with Crippen LogP contribution in [0.4, 0.5) is 0 Å². The van der Waals surface area contributed by atoms with Crippen molar-refractivity contribution < 1.29 is 33.6 Å². The van der Waals surface area contributed by atoms with Crippen molar-refractivity contribution in [3.63, 3.8) is 0 Å². The number of rotatable bonds is 14. The van der Waals surface area contributed by atoms with Crippen LogP contribution < -0.4 is 32.7 Å². The molecule has 6 amide bonds. The van der Waals surface area contributed by atoms with Crippen LogP contribution in [0.5, 0.6) is 0 Å². The second-order valence-corrected chi connectivity index (χ2v) is 6.91. The molecule has 174 valence electrons. The van der Waals surface area contributed by atoms with E-state index in [0.29, 0.717) is 6.42 Å². The van der Waals surface area contributed by atoms with Crippen molar-refractivity contribution in [2.24, 2.45) is 17.4 Å². The number of Topliss-reactive ketones (excluding diaryl/α,β-unsaturated/α-hetero) is 1. The molecule has 0 aromatic carbocycles. The molecule has 0 bridgehead atoms. The summed E-state index contributed by atoms with van der Waals surface area (Å²) >= 11 is 0. The van der Waals surface area contributed by atoms with E-state index in [4.69, 9.17) is 11.5 Å². The summed E-state index contributed by atoms with van der Waals surface area (Å²) < 4.78 is 0. The van der Waals surface area contributed by atoms with Crippen molar-refractivity contribution in [3.05, 3.63) is 0 Å². The average Bonchev–Trinajstić information content (AvgIpc) is 2.69. The van der Waals surface area contributed by atoms with E-state index in [0.717, 1.165) is 6.92 Å². The Morgan fingerprint density at radius 1 is 0.871 bits per heavy atom. The molecule has 0 aliphatic rings. The zero-order valence-electron chi connectivity index (χ0n) is 17.8. The first-order valence-electron chi connectivity index (χ1n) is 9.61. The third-order valence-corrected chi connectivity index (χ3v) is 4.30. The molecule has 0 fully saturated rings. The van der Waals surface area contributed by atoms with Gasteiger partial charge < -0.3 is 32.7 Å². The molecule has 8 N–H and O–H groups in total. The summed E-state index contributed by atoms with van der Waals surface area (Å²) in [6, 6.07) is -2.13. The lowest BCUT2D eigenvalue weighted by Crippen LogP contribution is -2.54. The average molecular weight is 442 g/mol. The lowest BCUT2D eigenvalue weighted by molar-refractivity contribution is -0.136. The highest BCUT2D eigenvalue weighted by atomic mass is 16.2. The van der Waals surface area contributed by atoms with Gasteiger partial charge in [0.15, 0.2) is 0 Å². The largest absolute Gasteiger partial charge is 0.368 e. The van der Waals surface area contributed by atoms with Crippen LogP contribution in [0, 0.1) is 5.92 Å². The number of nitrogens with two attached hydrogens (primary N) is 2. The van der Waals surface area contributed by atoms with Crippen molar-refractivity contribution in [1.29, 1.82) is 0 Å². The Morgan fingerprint density at radius 2 is 1.45 bits per heavy atom. The normalized spacial score (nSPS) is 13.1. The van der Waals surface area contributed by atoms with E-state index >= 15 is 0 Å². The first-order chi connectivity index (χ1) is 14.4. The van der Waals surface area contributed by atoms with Crippen molar-refractivity contribution >= 4 is 41.2 Å². The van der Waals surface area contributed by atoms with Crippen LogP contribution in [0.1, 0.15) is 40.0 Å². The zero-order chi connectivity index (χ0) is 24.1. The molecule has 13 heteroatoms. The minimum absolute atomic E-state index is 0.195.